The van der Waals surface area contributed by atoms with Gasteiger partial charge in [-0.2, -0.15) is 0 Å². The summed E-state index contributed by atoms with van der Waals surface area (Å²) in [6.45, 7) is 2.11. The summed E-state index contributed by atoms with van der Waals surface area (Å²) in [6, 6.07) is 18.1. The average Bonchev–Trinajstić information content (AvgIpc) is 3.06. The molecule has 0 bridgehead atoms. The SMILES string of the molecule is Cl.NC[C@@H]1CN(C(=O)CCc2ccccc2Cl)C[C@H]1c1ccccc1. The summed E-state index contributed by atoms with van der Waals surface area (Å²) in [4.78, 5) is 14.6. The quantitative estimate of drug-likeness (QED) is 0.857. The van der Waals surface area contributed by atoms with E-state index in [0.29, 0.717) is 31.2 Å². The number of halogens is 2. The van der Waals surface area contributed by atoms with Gasteiger partial charge in [0.25, 0.3) is 0 Å². The highest BCUT2D eigenvalue weighted by atomic mass is 35.5. The van der Waals surface area contributed by atoms with Crippen LogP contribution in [0.5, 0.6) is 0 Å². The maximum Gasteiger partial charge on any atom is 0.222 e. The molecule has 3 rings (SSSR count). The molecule has 0 radical (unpaired) electrons. The highest BCUT2D eigenvalue weighted by molar-refractivity contribution is 6.31. The van der Waals surface area contributed by atoms with Gasteiger partial charge in [-0.1, -0.05) is 60.1 Å². The molecule has 2 atom stereocenters. The second kappa shape index (κ2) is 9.23. The molecule has 25 heavy (non-hydrogen) atoms. The molecule has 0 aromatic heterocycles. The molecule has 2 aromatic carbocycles. The van der Waals surface area contributed by atoms with Gasteiger partial charge in [-0.15, -0.1) is 12.4 Å². The first-order valence-corrected chi connectivity index (χ1v) is 8.83. The van der Waals surface area contributed by atoms with E-state index < -0.39 is 0 Å². The Morgan fingerprint density at radius 1 is 1.08 bits per heavy atom. The van der Waals surface area contributed by atoms with Crippen molar-refractivity contribution >= 4 is 29.9 Å². The molecule has 1 saturated heterocycles. The summed E-state index contributed by atoms with van der Waals surface area (Å²) < 4.78 is 0. The molecule has 1 aliphatic rings. The highest BCUT2D eigenvalue weighted by Gasteiger charge is 2.34. The number of hydrogen-bond acceptors (Lipinski definition) is 2. The predicted molar refractivity (Wildman–Crippen MR) is 105 cm³/mol. The van der Waals surface area contributed by atoms with Crippen LogP contribution in [0.2, 0.25) is 5.02 Å². The second-order valence-corrected chi connectivity index (χ2v) is 6.81. The molecule has 5 heteroatoms. The van der Waals surface area contributed by atoms with Crippen molar-refractivity contribution in [3.63, 3.8) is 0 Å². The van der Waals surface area contributed by atoms with E-state index in [9.17, 15) is 4.79 Å². The molecule has 0 aliphatic carbocycles. The van der Waals surface area contributed by atoms with Gasteiger partial charge in [0.15, 0.2) is 0 Å². The third kappa shape index (κ3) is 4.75. The molecule has 1 aliphatic heterocycles. The largest absolute Gasteiger partial charge is 0.342 e. The number of amides is 1. The number of nitrogens with zero attached hydrogens (tertiary/aromatic N) is 1. The van der Waals surface area contributed by atoms with E-state index in [1.54, 1.807) is 0 Å². The third-order valence-electron chi connectivity index (χ3n) is 4.89. The molecule has 1 amide bonds. The van der Waals surface area contributed by atoms with Crippen molar-refractivity contribution < 1.29 is 4.79 Å². The number of nitrogens with two attached hydrogens (primary N) is 1. The molecule has 3 nitrogen and oxygen atoms in total. The molecular weight excluding hydrogens is 355 g/mol. The Morgan fingerprint density at radius 3 is 2.44 bits per heavy atom. The van der Waals surface area contributed by atoms with Crippen LogP contribution >= 0.6 is 24.0 Å². The molecule has 2 aromatic rings. The van der Waals surface area contributed by atoms with Gasteiger partial charge < -0.3 is 10.6 Å². The van der Waals surface area contributed by atoms with Crippen molar-refractivity contribution in [2.24, 2.45) is 11.7 Å². The Kier molecular flexibility index (Phi) is 7.30. The molecule has 0 spiro atoms. The molecule has 0 unspecified atom stereocenters. The molecular formula is C20H24Cl2N2O. The third-order valence-corrected chi connectivity index (χ3v) is 5.26. The van der Waals surface area contributed by atoms with Crippen molar-refractivity contribution in [1.82, 2.24) is 4.90 Å². The zero-order valence-electron chi connectivity index (χ0n) is 14.1. The molecule has 1 heterocycles. The first kappa shape index (κ1) is 19.8. The number of aryl methyl sites for hydroxylation is 1. The van der Waals surface area contributed by atoms with Crippen molar-refractivity contribution in [3.8, 4) is 0 Å². The van der Waals surface area contributed by atoms with Crippen LogP contribution in [0, 0.1) is 5.92 Å². The van der Waals surface area contributed by atoms with Crippen LogP contribution in [0.3, 0.4) is 0 Å². The van der Waals surface area contributed by atoms with Crippen molar-refractivity contribution in [2.75, 3.05) is 19.6 Å². The zero-order chi connectivity index (χ0) is 16.9. The van der Waals surface area contributed by atoms with Crippen LogP contribution in [-0.2, 0) is 11.2 Å². The monoisotopic (exact) mass is 378 g/mol. The van der Waals surface area contributed by atoms with Crippen LogP contribution in [0.4, 0.5) is 0 Å². The van der Waals surface area contributed by atoms with Crippen LogP contribution in [0.25, 0.3) is 0 Å². The number of carbonyl (C=O) groups is 1. The molecule has 1 fully saturated rings. The minimum Gasteiger partial charge on any atom is -0.342 e. The first-order valence-electron chi connectivity index (χ1n) is 8.45. The Morgan fingerprint density at radius 2 is 1.76 bits per heavy atom. The van der Waals surface area contributed by atoms with Crippen molar-refractivity contribution in [2.45, 2.75) is 18.8 Å². The number of carbonyl (C=O) groups excluding carboxylic acids is 1. The Hall–Kier alpha value is -1.55. The normalized spacial score (nSPS) is 19.5. The lowest BCUT2D eigenvalue weighted by molar-refractivity contribution is -0.130. The minimum atomic E-state index is 0. The van der Waals surface area contributed by atoms with Gasteiger partial charge in [0, 0.05) is 30.5 Å². The smallest absolute Gasteiger partial charge is 0.222 e. The van der Waals surface area contributed by atoms with Gasteiger partial charge in [0.1, 0.15) is 0 Å². The average molecular weight is 379 g/mol. The van der Waals surface area contributed by atoms with Crippen LogP contribution < -0.4 is 5.73 Å². The van der Waals surface area contributed by atoms with E-state index in [4.69, 9.17) is 17.3 Å². The van der Waals surface area contributed by atoms with Gasteiger partial charge in [-0.3, -0.25) is 4.79 Å². The Balaban J connectivity index is 0.00000225. The fourth-order valence-corrected chi connectivity index (χ4v) is 3.72. The number of benzene rings is 2. The highest BCUT2D eigenvalue weighted by Crippen LogP contribution is 2.32. The van der Waals surface area contributed by atoms with Gasteiger partial charge in [0.2, 0.25) is 5.91 Å². The van der Waals surface area contributed by atoms with E-state index in [-0.39, 0.29) is 18.3 Å². The summed E-state index contributed by atoms with van der Waals surface area (Å²) >= 11 is 6.17. The fraction of sp³-hybridized carbons (Fsp3) is 0.350. The zero-order valence-corrected chi connectivity index (χ0v) is 15.7. The van der Waals surface area contributed by atoms with Gasteiger partial charge in [0.05, 0.1) is 0 Å². The maximum absolute atomic E-state index is 12.6. The van der Waals surface area contributed by atoms with E-state index >= 15 is 0 Å². The van der Waals surface area contributed by atoms with Gasteiger partial charge >= 0.3 is 0 Å². The van der Waals surface area contributed by atoms with Crippen molar-refractivity contribution in [3.05, 3.63) is 70.7 Å². The van der Waals surface area contributed by atoms with Gasteiger partial charge in [-0.25, -0.2) is 0 Å². The van der Waals surface area contributed by atoms with E-state index in [2.05, 4.69) is 12.1 Å². The summed E-state index contributed by atoms with van der Waals surface area (Å²) in [7, 11) is 0. The lowest BCUT2D eigenvalue weighted by Gasteiger charge is -2.17. The van der Waals surface area contributed by atoms with E-state index in [1.807, 2.05) is 47.4 Å². The summed E-state index contributed by atoms with van der Waals surface area (Å²) in [5.41, 5.74) is 8.26. The van der Waals surface area contributed by atoms with Crippen molar-refractivity contribution in [1.29, 1.82) is 0 Å². The minimum absolute atomic E-state index is 0. The summed E-state index contributed by atoms with van der Waals surface area (Å²) in [6.07, 6.45) is 1.17. The Bertz CT molecular complexity index is 693. The molecule has 0 saturated carbocycles. The lowest BCUT2D eigenvalue weighted by atomic mass is 9.89. The second-order valence-electron chi connectivity index (χ2n) is 6.40. The summed E-state index contributed by atoms with van der Waals surface area (Å²) in [5.74, 6) is 0.851. The van der Waals surface area contributed by atoms with Gasteiger partial charge in [-0.05, 0) is 36.1 Å². The number of rotatable bonds is 5. The first-order chi connectivity index (χ1) is 11.7. The molecule has 134 valence electrons. The fourth-order valence-electron chi connectivity index (χ4n) is 3.49. The predicted octanol–water partition coefficient (Wildman–Crippen LogP) is 3.90. The van der Waals surface area contributed by atoms with Crippen LogP contribution in [-0.4, -0.2) is 30.4 Å². The maximum atomic E-state index is 12.6. The van der Waals surface area contributed by atoms with Crippen LogP contribution in [0.1, 0.15) is 23.5 Å². The van der Waals surface area contributed by atoms with Crippen LogP contribution in [0.15, 0.2) is 54.6 Å². The van der Waals surface area contributed by atoms with E-state index in [0.717, 1.165) is 23.7 Å². The number of likely N-dealkylation sites (tertiary alicyclic amines) is 1. The Labute approximate surface area is 160 Å². The topological polar surface area (TPSA) is 46.3 Å². The molecule has 2 N–H and O–H groups in total. The van der Waals surface area contributed by atoms with E-state index in [1.165, 1.54) is 5.56 Å². The lowest BCUT2D eigenvalue weighted by Crippen LogP contribution is -2.30. The summed E-state index contributed by atoms with van der Waals surface area (Å²) in [5, 5.41) is 0.730. The number of hydrogen-bond donors (Lipinski definition) is 1. The standard InChI is InChI=1S/C20H23ClN2O.ClH/c21-19-9-5-4-8-16(19)10-11-20(24)23-13-17(12-22)18(14-23)15-6-2-1-3-7-15;/h1-9,17-18H,10-14,22H2;1H/t17-,18+;/m1./s1.